The average molecular weight is 265 g/mol. The van der Waals surface area contributed by atoms with E-state index in [0.29, 0.717) is 18.1 Å². The zero-order chi connectivity index (χ0) is 13.8. The van der Waals surface area contributed by atoms with Crippen molar-refractivity contribution >= 4 is 5.97 Å². The van der Waals surface area contributed by atoms with Gasteiger partial charge in [0.05, 0.1) is 5.69 Å². The van der Waals surface area contributed by atoms with Crippen LogP contribution < -0.4 is 0 Å². The maximum absolute atomic E-state index is 10.9. The van der Waals surface area contributed by atoms with Crippen molar-refractivity contribution in [1.82, 2.24) is 35.2 Å². The number of aromatic nitrogens is 7. The molecule has 102 valence electrons. The molecule has 0 aliphatic carbocycles. The van der Waals surface area contributed by atoms with Gasteiger partial charge in [0, 0.05) is 6.54 Å². The van der Waals surface area contributed by atoms with Crippen molar-refractivity contribution in [3.63, 3.8) is 0 Å². The molecule has 2 rings (SSSR count). The van der Waals surface area contributed by atoms with Crippen LogP contribution in [0.15, 0.2) is 0 Å². The molecule has 0 fully saturated rings. The predicted octanol–water partition coefficient (Wildman–Crippen LogP) is 0.120. The Morgan fingerprint density at radius 3 is 2.68 bits per heavy atom. The van der Waals surface area contributed by atoms with Gasteiger partial charge in [0.15, 0.2) is 11.5 Å². The molecule has 2 heterocycles. The molecule has 0 amide bonds. The minimum Gasteiger partial charge on any atom is -0.476 e. The average Bonchev–Trinajstić information content (AvgIpc) is 2.95. The Kier molecular flexibility index (Phi) is 3.83. The van der Waals surface area contributed by atoms with E-state index in [0.717, 1.165) is 19.4 Å². The molecule has 0 unspecified atom stereocenters. The molecule has 9 heteroatoms. The van der Waals surface area contributed by atoms with Crippen molar-refractivity contribution in [2.24, 2.45) is 0 Å². The van der Waals surface area contributed by atoms with Gasteiger partial charge in [0.1, 0.15) is 6.54 Å². The molecule has 1 N–H and O–H groups in total. The summed E-state index contributed by atoms with van der Waals surface area (Å²) in [6.07, 6.45) is 2.03. The summed E-state index contributed by atoms with van der Waals surface area (Å²) in [6.45, 7) is 4.79. The van der Waals surface area contributed by atoms with E-state index < -0.39 is 5.97 Å². The van der Waals surface area contributed by atoms with E-state index in [-0.39, 0.29) is 5.69 Å². The first-order valence-electron chi connectivity index (χ1n) is 6.02. The molecule has 0 radical (unpaired) electrons. The molecule has 0 saturated carbocycles. The van der Waals surface area contributed by atoms with Crippen molar-refractivity contribution in [2.75, 3.05) is 0 Å². The number of aromatic carboxylic acids is 1. The molecule has 0 atom stereocenters. The molecule has 0 saturated heterocycles. The van der Waals surface area contributed by atoms with Gasteiger partial charge in [-0.05, 0) is 23.8 Å². The second-order valence-electron chi connectivity index (χ2n) is 4.16. The van der Waals surface area contributed by atoms with E-state index in [4.69, 9.17) is 5.11 Å². The molecule has 0 spiro atoms. The molecule has 19 heavy (non-hydrogen) atoms. The molecular formula is C10H15N7O2. The Hall–Kier alpha value is -2.32. The second-order valence-corrected chi connectivity index (χ2v) is 4.16. The number of carboxylic acid groups (broad SMARTS) is 1. The van der Waals surface area contributed by atoms with Crippen molar-refractivity contribution in [3.8, 4) is 0 Å². The van der Waals surface area contributed by atoms with E-state index in [1.807, 2.05) is 0 Å². The van der Waals surface area contributed by atoms with Gasteiger partial charge < -0.3 is 5.11 Å². The van der Waals surface area contributed by atoms with E-state index in [1.54, 1.807) is 11.6 Å². The Morgan fingerprint density at radius 2 is 2.05 bits per heavy atom. The molecule has 9 nitrogen and oxygen atoms in total. The molecule has 0 aliphatic heterocycles. The van der Waals surface area contributed by atoms with E-state index >= 15 is 0 Å². The highest BCUT2D eigenvalue weighted by molar-refractivity contribution is 5.86. The van der Waals surface area contributed by atoms with Crippen LogP contribution >= 0.6 is 0 Å². The first-order valence-corrected chi connectivity index (χ1v) is 6.02. The van der Waals surface area contributed by atoms with Gasteiger partial charge in [-0.15, -0.1) is 10.2 Å². The number of rotatable bonds is 6. The molecule has 2 aromatic rings. The smallest absolute Gasteiger partial charge is 0.358 e. The Morgan fingerprint density at radius 1 is 1.26 bits per heavy atom. The molecular weight excluding hydrogens is 250 g/mol. The molecule has 0 bridgehead atoms. The fourth-order valence-corrected chi connectivity index (χ4v) is 1.66. The minimum atomic E-state index is -1.09. The summed E-state index contributed by atoms with van der Waals surface area (Å²) in [5.41, 5.74) is 0.435. The molecule has 0 aliphatic rings. The van der Waals surface area contributed by atoms with Crippen LogP contribution in [-0.2, 0) is 13.1 Å². The largest absolute Gasteiger partial charge is 0.476 e. The summed E-state index contributed by atoms with van der Waals surface area (Å²) in [6, 6.07) is 0. The van der Waals surface area contributed by atoms with E-state index in [9.17, 15) is 4.79 Å². The highest BCUT2D eigenvalue weighted by atomic mass is 16.4. The van der Waals surface area contributed by atoms with E-state index in [1.165, 1.54) is 4.68 Å². The first kappa shape index (κ1) is 13.1. The lowest BCUT2D eigenvalue weighted by molar-refractivity contribution is 0.0689. The lowest BCUT2D eigenvalue weighted by atomic mass is 10.3. The zero-order valence-electron chi connectivity index (χ0n) is 10.8. The third kappa shape index (κ3) is 2.75. The Balaban J connectivity index is 2.17. The van der Waals surface area contributed by atoms with Crippen LogP contribution in [0.2, 0.25) is 0 Å². The van der Waals surface area contributed by atoms with Crippen LogP contribution in [0.4, 0.5) is 0 Å². The van der Waals surface area contributed by atoms with Crippen LogP contribution in [0.25, 0.3) is 0 Å². The van der Waals surface area contributed by atoms with Gasteiger partial charge in [-0.25, -0.2) is 14.2 Å². The van der Waals surface area contributed by atoms with Gasteiger partial charge in [0.25, 0.3) is 0 Å². The first-order chi connectivity index (χ1) is 9.13. The lowest BCUT2D eigenvalue weighted by Crippen LogP contribution is -2.12. The highest BCUT2D eigenvalue weighted by Crippen LogP contribution is 2.06. The maximum Gasteiger partial charge on any atom is 0.358 e. The quantitative estimate of drug-likeness (QED) is 0.789. The number of hydrogen-bond acceptors (Lipinski definition) is 6. The number of hydrogen-bond donors (Lipinski definition) is 1. The molecule has 2 aromatic heterocycles. The summed E-state index contributed by atoms with van der Waals surface area (Å²) in [4.78, 5) is 10.9. The van der Waals surface area contributed by atoms with Crippen molar-refractivity contribution in [1.29, 1.82) is 0 Å². The summed E-state index contributed by atoms with van der Waals surface area (Å²) < 4.78 is 3.18. The minimum absolute atomic E-state index is 0.0485. The highest BCUT2D eigenvalue weighted by Gasteiger charge is 2.16. The second kappa shape index (κ2) is 5.55. The maximum atomic E-state index is 10.9. The third-order valence-electron chi connectivity index (χ3n) is 2.81. The SMILES string of the molecule is CCCCn1nnnc1Cn1nnc(C(=O)O)c1C. The number of tetrazole rings is 1. The summed E-state index contributed by atoms with van der Waals surface area (Å²) in [5.74, 6) is -0.451. The number of nitrogens with zero attached hydrogens (tertiary/aromatic N) is 7. The van der Waals surface area contributed by atoms with Crippen molar-refractivity contribution in [2.45, 2.75) is 39.8 Å². The summed E-state index contributed by atoms with van der Waals surface area (Å²) >= 11 is 0. The fourth-order valence-electron chi connectivity index (χ4n) is 1.66. The van der Waals surface area contributed by atoms with E-state index in [2.05, 4.69) is 32.8 Å². The standard InChI is InChI=1S/C10H15N7O2/c1-3-4-5-16-8(11-13-15-16)6-17-7(2)9(10(18)19)12-14-17/h3-6H2,1-2H3,(H,18,19). The van der Waals surface area contributed by atoms with Gasteiger partial charge in [0.2, 0.25) is 0 Å². The fraction of sp³-hybridized carbons (Fsp3) is 0.600. The Labute approximate surface area is 109 Å². The van der Waals surface area contributed by atoms with Crippen LogP contribution in [0.5, 0.6) is 0 Å². The summed E-state index contributed by atoms with van der Waals surface area (Å²) in [5, 5.41) is 27.8. The Bertz CT molecular complexity index is 574. The van der Waals surface area contributed by atoms with Gasteiger partial charge in [-0.2, -0.15) is 0 Å². The lowest BCUT2D eigenvalue weighted by Gasteiger charge is -2.04. The molecule has 0 aromatic carbocycles. The van der Waals surface area contributed by atoms with Gasteiger partial charge in [-0.1, -0.05) is 18.6 Å². The van der Waals surface area contributed by atoms with Crippen molar-refractivity contribution in [3.05, 3.63) is 17.2 Å². The summed E-state index contributed by atoms with van der Waals surface area (Å²) in [7, 11) is 0. The van der Waals surface area contributed by atoms with Gasteiger partial charge >= 0.3 is 5.97 Å². The van der Waals surface area contributed by atoms with Crippen LogP contribution in [-0.4, -0.2) is 46.3 Å². The third-order valence-corrected chi connectivity index (χ3v) is 2.81. The number of carbonyl (C=O) groups is 1. The topological polar surface area (TPSA) is 112 Å². The van der Waals surface area contributed by atoms with Crippen LogP contribution in [0, 0.1) is 6.92 Å². The monoisotopic (exact) mass is 265 g/mol. The van der Waals surface area contributed by atoms with Gasteiger partial charge in [-0.3, -0.25) is 0 Å². The van der Waals surface area contributed by atoms with Crippen LogP contribution in [0.1, 0.15) is 41.8 Å². The zero-order valence-corrected chi connectivity index (χ0v) is 10.8. The normalized spacial score (nSPS) is 10.8. The predicted molar refractivity (Wildman–Crippen MR) is 63.5 cm³/mol. The van der Waals surface area contributed by atoms with Crippen molar-refractivity contribution < 1.29 is 9.90 Å². The number of carboxylic acids is 1. The number of unbranched alkanes of at least 4 members (excludes halogenated alkanes) is 1. The van der Waals surface area contributed by atoms with Crippen LogP contribution in [0.3, 0.4) is 0 Å². The number of aryl methyl sites for hydroxylation is 1.